The summed E-state index contributed by atoms with van der Waals surface area (Å²) in [6.07, 6.45) is 1.21. The summed E-state index contributed by atoms with van der Waals surface area (Å²) in [6.45, 7) is 6.87. The van der Waals surface area contributed by atoms with Crippen LogP contribution in [0.15, 0.2) is 12.1 Å². The van der Waals surface area contributed by atoms with Crippen LogP contribution in [-0.2, 0) is 4.74 Å². The molecule has 1 aromatic rings. The minimum atomic E-state index is -1.43. The number of ether oxygens (including phenoxy) is 1. The molecule has 1 rings (SSSR count). The van der Waals surface area contributed by atoms with Crippen LogP contribution >= 0.6 is 0 Å². The maximum Gasteiger partial charge on any atom is 0.194 e. The van der Waals surface area contributed by atoms with Crippen LogP contribution in [0.1, 0.15) is 45.2 Å². The average molecular weight is 289 g/mol. The number of rotatable bonds is 8. The summed E-state index contributed by atoms with van der Waals surface area (Å²) in [5, 5.41) is 3.15. The fourth-order valence-corrected chi connectivity index (χ4v) is 2.19. The summed E-state index contributed by atoms with van der Waals surface area (Å²) in [7, 11) is 0. The first kappa shape index (κ1) is 17.0. The number of halogens is 3. The molecule has 20 heavy (non-hydrogen) atoms. The highest BCUT2D eigenvalue weighted by Crippen LogP contribution is 2.26. The molecule has 1 aromatic carbocycles. The first-order valence-electron chi connectivity index (χ1n) is 7.05. The van der Waals surface area contributed by atoms with Crippen molar-refractivity contribution in [2.45, 2.75) is 45.8 Å². The second-order valence-electron chi connectivity index (χ2n) is 4.60. The Labute approximate surface area is 118 Å². The Morgan fingerprint density at radius 2 is 1.80 bits per heavy atom. The summed E-state index contributed by atoms with van der Waals surface area (Å²) in [4.78, 5) is 0. The lowest BCUT2D eigenvalue weighted by atomic mass is 9.98. The molecule has 2 atom stereocenters. The van der Waals surface area contributed by atoms with E-state index in [0.29, 0.717) is 19.6 Å². The number of benzene rings is 1. The molecule has 0 bridgehead atoms. The molecular weight excluding hydrogens is 267 g/mol. The molecule has 0 heterocycles. The summed E-state index contributed by atoms with van der Waals surface area (Å²) in [5.41, 5.74) is 0.109. The van der Waals surface area contributed by atoms with E-state index in [9.17, 15) is 13.2 Å². The van der Waals surface area contributed by atoms with E-state index >= 15 is 0 Å². The van der Waals surface area contributed by atoms with Crippen LogP contribution in [0.4, 0.5) is 13.2 Å². The number of hydrogen-bond donors (Lipinski definition) is 1. The van der Waals surface area contributed by atoms with Gasteiger partial charge in [-0.25, -0.2) is 13.2 Å². The molecule has 0 fully saturated rings. The van der Waals surface area contributed by atoms with Gasteiger partial charge < -0.3 is 10.1 Å². The summed E-state index contributed by atoms with van der Waals surface area (Å²) in [6, 6.07) is 1.74. The van der Waals surface area contributed by atoms with Gasteiger partial charge in [-0.15, -0.1) is 0 Å². The second-order valence-corrected chi connectivity index (χ2v) is 4.60. The summed E-state index contributed by atoms with van der Waals surface area (Å²) < 4.78 is 46.0. The van der Waals surface area contributed by atoms with Gasteiger partial charge in [0.2, 0.25) is 0 Å². The first-order valence-corrected chi connectivity index (χ1v) is 7.05. The van der Waals surface area contributed by atoms with Crippen molar-refractivity contribution in [1.82, 2.24) is 5.32 Å². The summed E-state index contributed by atoms with van der Waals surface area (Å²) in [5.74, 6) is -3.75. The third-order valence-electron chi connectivity index (χ3n) is 3.17. The summed E-state index contributed by atoms with van der Waals surface area (Å²) >= 11 is 0. The number of nitrogens with one attached hydrogen (secondary N) is 1. The minimum Gasteiger partial charge on any atom is -0.377 e. The zero-order valence-corrected chi connectivity index (χ0v) is 12.2. The monoisotopic (exact) mass is 289 g/mol. The molecular formula is C15H22F3NO. The van der Waals surface area contributed by atoms with Crippen LogP contribution in [-0.4, -0.2) is 19.3 Å². The van der Waals surface area contributed by atoms with Crippen molar-refractivity contribution in [2.24, 2.45) is 0 Å². The fourth-order valence-electron chi connectivity index (χ4n) is 2.19. The second kappa shape index (κ2) is 8.27. The van der Waals surface area contributed by atoms with E-state index in [1.807, 2.05) is 20.8 Å². The van der Waals surface area contributed by atoms with Gasteiger partial charge in [0.15, 0.2) is 17.5 Å². The van der Waals surface area contributed by atoms with Gasteiger partial charge in [-0.05, 0) is 32.4 Å². The topological polar surface area (TPSA) is 21.3 Å². The van der Waals surface area contributed by atoms with Gasteiger partial charge in [0.25, 0.3) is 0 Å². The largest absolute Gasteiger partial charge is 0.377 e. The Bertz CT molecular complexity index is 426. The predicted molar refractivity (Wildman–Crippen MR) is 73.1 cm³/mol. The fraction of sp³-hybridized carbons (Fsp3) is 0.600. The van der Waals surface area contributed by atoms with Crippen LogP contribution in [0.2, 0.25) is 0 Å². The Morgan fingerprint density at radius 1 is 1.10 bits per heavy atom. The highest BCUT2D eigenvalue weighted by Gasteiger charge is 2.27. The third kappa shape index (κ3) is 3.96. The maximum absolute atomic E-state index is 14.0. The normalized spacial score (nSPS) is 14.3. The molecule has 0 saturated heterocycles. The van der Waals surface area contributed by atoms with E-state index in [4.69, 9.17) is 4.74 Å². The van der Waals surface area contributed by atoms with Gasteiger partial charge in [0, 0.05) is 12.2 Å². The maximum atomic E-state index is 14.0. The lowest BCUT2D eigenvalue weighted by Crippen LogP contribution is -2.35. The molecule has 5 heteroatoms. The zero-order valence-electron chi connectivity index (χ0n) is 12.2. The van der Waals surface area contributed by atoms with Crippen molar-refractivity contribution in [3.05, 3.63) is 35.1 Å². The smallest absolute Gasteiger partial charge is 0.194 e. The van der Waals surface area contributed by atoms with Gasteiger partial charge in [-0.3, -0.25) is 0 Å². The van der Waals surface area contributed by atoms with Crippen molar-refractivity contribution >= 4 is 0 Å². The SMILES string of the molecule is CCCNC(c1ccc(F)c(F)c1F)C(CC)OCC. The van der Waals surface area contributed by atoms with Crippen molar-refractivity contribution in [3.63, 3.8) is 0 Å². The van der Waals surface area contributed by atoms with E-state index < -0.39 is 23.5 Å². The van der Waals surface area contributed by atoms with Crippen LogP contribution in [0.5, 0.6) is 0 Å². The van der Waals surface area contributed by atoms with Gasteiger partial charge >= 0.3 is 0 Å². The third-order valence-corrected chi connectivity index (χ3v) is 3.17. The van der Waals surface area contributed by atoms with E-state index in [2.05, 4.69) is 5.32 Å². The first-order chi connectivity index (χ1) is 9.56. The molecule has 0 spiro atoms. The van der Waals surface area contributed by atoms with E-state index in [1.54, 1.807) is 0 Å². The van der Waals surface area contributed by atoms with Crippen LogP contribution < -0.4 is 5.32 Å². The highest BCUT2D eigenvalue weighted by molar-refractivity contribution is 5.24. The lowest BCUT2D eigenvalue weighted by molar-refractivity contribution is 0.0303. The van der Waals surface area contributed by atoms with Crippen molar-refractivity contribution in [1.29, 1.82) is 0 Å². The van der Waals surface area contributed by atoms with Crippen molar-refractivity contribution in [2.75, 3.05) is 13.2 Å². The molecule has 114 valence electrons. The van der Waals surface area contributed by atoms with Gasteiger partial charge in [0.1, 0.15) is 0 Å². The molecule has 0 aliphatic rings. The van der Waals surface area contributed by atoms with Gasteiger partial charge in [-0.1, -0.05) is 19.9 Å². The Kier molecular flexibility index (Phi) is 7.02. The molecule has 2 nitrogen and oxygen atoms in total. The van der Waals surface area contributed by atoms with Crippen molar-refractivity contribution < 1.29 is 17.9 Å². The zero-order chi connectivity index (χ0) is 15.1. The highest BCUT2D eigenvalue weighted by atomic mass is 19.2. The molecule has 1 N–H and O–H groups in total. The molecule has 0 aliphatic carbocycles. The molecule has 0 amide bonds. The van der Waals surface area contributed by atoms with Crippen molar-refractivity contribution in [3.8, 4) is 0 Å². The quantitative estimate of drug-likeness (QED) is 0.731. The molecule has 0 saturated carbocycles. The predicted octanol–water partition coefficient (Wildman–Crippen LogP) is 3.96. The molecule has 2 unspecified atom stereocenters. The molecule has 0 radical (unpaired) electrons. The number of hydrogen-bond acceptors (Lipinski definition) is 2. The average Bonchev–Trinajstić information content (AvgIpc) is 2.45. The Hall–Kier alpha value is -1.07. The van der Waals surface area contributed by atoms with Crippen LogP contribution in [0.25, 0.3) is 0 Å². The Balaban J connectivity index is 3.12. The van der Waals surface area contributed by atoms with Crippen LogP contribution in [0, 0.1) is 17.5 Å². The molecule has 0 aromatic heterocycles. The van der Waals surface area contributed by atoms with Gasteiger partial charge in [-0.2, -0.15) is 0 Å². The van der Waals surface area contributed by atoms with Crippen LogP contribution in [0.3, 0.4) is 0 Å². The van der Waals surface area contributed by atoms with E-state index in [1.165, 1.54) is 6.07 Å². The van der Waals surface area contributed by atoms with E-state index in [0.717, 1.165) is 12.5 Å². The molecule has 0 aliphatic heterocycles. The standard InChI is InChI=1S/C15H22F3NO/c1-4-9-19-15(12(5-2)20-6-3)10-7-8-11(16)14(18)13(10)17/h7-8,12,15,19H,4-6,9H2,1-3H3. The minimum absolute atomic E-state index is 0.109. The van der Waals surface area contributed by atoms with E-state index in [-0.39, 0.29) is 11.7 Å². The Morgan fingerprint density at radius 3 is 2.35 bits per heavy atom. The lowest BCUT2D eigenvalue weighted by Gasteiger charge is -2.28. The van der Waals surface area contributed by atoms with Gasteiger partial charge in [0.05, 0.1) is 12.1 Å².